The van der Waals surface area contributed by atoms with Gasteiger partial charge in [0.1, 0.15) is 17.3 Å². The van der Waals surface area contributed by atoms with E-state index in [2.05, 4.69) is 5.32 Å². The maximum absolute atomic E-state index is 12.5. The number of ether oxygens (including phenoxy) is 1. The Hall–Kier alpha value is -1.02. The summed E-state index contributed by atoms with van der Waals surface area (Å²) in [7, 11) is -8.00. The molecule has 17 heavy (non-hydrogen) atoms. The van der Waals surface area contributed by atoms with E-state index < -0.39 is 15.1 Å². The number of likely N-dealkylation sites (N-methyl/N-ethyl adjacent to an activating group) is 1. The van der Waals surface area contributed by atoms with E-state index in [1.165, 1.54) is 0 Å². The van der Waals surface area contributed by atoms with Crippen molar-refractivity contribution >= 4 is 10.2 Å². The van der Waals surface area contributed by atoms with Crippen molar-refractivity contribution in [2.24, 2.45) is 0 Å². The van der Waals surface area contributed by atoms with Crippen LogP contribution >= 0.6 is 10.2 Å². The number of benzene rings is 1. The van der Waals surface area contributed by atoms with Gasteiger partial charge in [0.25, 0.3) is 0 Å². The SMILES string of the molecule is CNC1COc2cc(S(F)(F)(F)(F)F)ccc21. The van der Waals surface area contributed by atoms with Gasteiger partial charge in [-0.15, -0.1) is 0 Å². The molecule has 1 N–H and O–H groups in total. The molecule has 0 saturated carbocycles. The average molecular weight is 275 g/mol. The van der Waals surface area contributed by atoms with Crippen molar-refractivity contribution in [3.8, 4) is 5.75 Å². The number of halogens is 5. The van der Waals surface area contributed by atoms with Gasteiger partial charge in [0.05, 0.1) is 6.04 Å². The summed E-state index contributed by atoms with van der Waals surface area (Å²) in [5.41, 5.74) is 0.457. The minimum Gasteiger partial charge on any atom is -0.491 e. The fourth-order valence-electron chi connectivity index (χ4n) is 1.67. The van der Waals surface area contributed by atoms with Crippen LogP contribution in [-0.2, 0) is 0 Å². The highest BCUT2D eigenvalue weighted by atomic mass is 32.5. The quantitative estimate of drug-likeness (QED) is 0.824. The first-order valence-electron chi connectivity index (χ1n) is 4.69. The van der Waals surface area contributed by atoms with E-state index in [1.807, 2.05) is 0 Å². The highest BCUT2D eigenvalue weighted by molar-refractivity contribution is 8.45. The zero-order valence-corrected chi connectivity index (χ0v) is 9.54. The van der Waals surface area contributed by atoms with Crippen LogP contribution in [0.3, 0.4) is 0 Å². The van der Waals surface area contributed by atoms with E-state index in [-0.39, 0.29) is 18.4 Å². The predicted octanol–water partition coefficient (Wildman–Crippen LogP) is 4.00. The van der Waals surface area contributed by atoms with E-state index >= 15 is 0 Å². The second kappa shape index (κ2) is 2.86. The Morgan fingerprint density at radius 2 is 1.88 bits per heavy atom. The lowest BCUT2D eigenvalue weighted by atomic mass is 10.1. The number of nitrogens with one attached hydrogen (secondary N) is 1. The molecule has 0 radical (unpaired) electrons. The lowest BCUT2D eigenvalue weighted by Gasteiger charge is -2.40. The summed E-state index contributed by atoms with van der Waals surface area (Å²) < 4.78 is 67.6. The largest absolute Gasteiger partial charge is 0.491 e. The summed E-state index contributed by atoms with van der Waals surface area (Å²) >= 11 is 0. The number of hydrogen-bond acceptors (Lipinski definition) is 2. The molecule has 1 heterocycles. The first-order valence-corrected chi connectivity index (χ1v) is 6.64. The first-order chi connectivity index (χ1) is 7.51. The lowest BCUT2D eigenvalue weighted by Crippen LogP contribution is -2.17. The van der Waals surface area contributed by atoms with Crippen molar-refractivity contribution in [1.82, 2.24) is 5.32 Å². The molecule has 1 aromatic carbocycles. The molecule has 1 atom stereocenters. The Labute approximate surface area is 94.5 Å². The van der Waals surface area contributed by atoms with Gasteiger partial charge in [-0.2, -0.15) is 0 Å². The summed E-state index contributed by atoms with van der Waals surface area (Å²) in [6.07, 6.45) is 0. The third-order valence-electron chi connectivity index (χ3n) is 2.56. The standard InChI is InChI=1S/C9H10F5NOS/c1-15-8-5-16-9-4-6(2-3-7(8)9)17(10,11,12,13)14/h2-4,8,15H,5H2,1H3. The van der Waals surface area contributed by atoms with E-state index in [0.717, 1.165) is 6.07 Å². The Kier molecular flexibility index (Phi) is 2.09. The van der Waals surface area contributed by atoms with Crippen LogP contribution in [-0.4, -0.2) is 13.7 Å². The van der Waals surface area contributed by atoms with Gasteiger partial charge >= 0.3 is 10.2 Å². The molecule has 0 aliphatic carbocycles. The van der Waals surface area contributed by atoms with Gasteiger partial charge in [0.2, 0.25) is 0 Å². The maximum atomic E-state index is 12.5. The molecule has 8 heteroatoms. The molecule has 0 fully saturated rings. The Bertz CT molecular complexity index is 471. The van der Waals surface area contributed by atoms with E-state index in [1.54, 1.807) is 7.05 Å². The van der Waals surface area contributed by atoms with Crippen molar-refractivity contribution in [1.29, 1.82) is 0 Å². The van der Waals surface area contributed by atoms with Crippen LogP contribution in [0.2, 0.25) is 0 Å². The molecular weight excluding hydrogens is 265 g/mol. The van der Waals surface area contributed by atoms with Gasteiger partial charge < -0.3 is 10.1 Å². The van der Waals surface area contributed by atoms with Crippen molar-refractivity contribution in [2.45, 2.75) is 10.9 Å². The van der Waals surface area contributed by atoms with E-state index in [4.69, 9.17) is 4.74 Å². The first kappa shape index (κ1) is 12.4. The van der Waals surface area contributed by atoms with Crippen molar-refractivity contribution in [3.63, 3.8) is 0 Å². The predicted molar refractivity (Wildman–Crippen MR) is 55.1 cm³/mol. The molecule has 0 spiro atoms. The van der Waals surface area contributed by atoms with Crippen LogP contribution < -0.4 is 10.1 Å². The maximum Gasteiger partial charge on any atom is 0.310 e. The van der Waals surface area contributed by atoms with Gasteiger partial charge in [0.15, 0.2) is 0 Å². The summed E-state index contributed by atoms with van der Waals surface area (Å²) in [4.78, 5) is -1.92. The minimum absolute atomic E-state index is 0.135. The third-order valence-corrected chi connectivity index (χ3v) is 3.70. The van der Waals surface area contributed by atoms with Gasteiger partial charge in [-0.3, -0.25) is 0 Å². The summed E-state index contributed by atoms with van der Waals surface area (Å²) in [5.74, 6) is -0.143. The van der Waals surface area contributed by atoms with Gasteiger partial charge in [-0.1, -0.05) is 25.5 Å². The van der Waals surface area contributed by atoms with Crippen LogP contribution in [0.4, 0.5) is 19.4 Å². The van der Waals surface area contributed by atoms with Crippen molar-refractivity contribution < 1.29 is 24.2 Å². The second-order valence-corrected chi connectivity index (χ2v) is 6.23. The van der Waals surface area contributed by atoms with Crippen molar-refractivity contribution in [3.05, 3.63) is 23.8 Å². The molecule has 0 bridgehead atoms. The van der Waals surface area contributed by atoms with E-state index in [9.17, 15) is 19.4 Å². The molecule has 0 saturated heterocycles. The summed E-state index contributed by atoms with van der Waals surface area (Å²) in [6.45, 7) is 0.135. The molecule has 2 rings (SSSR count). The topological polar surface area (TPSA) is 21.3 Å². The highest BCUT2D eigenvalue weighted by Gasteiger charge is 2.65. The van der Waals surface area contributed by atoms with Gasteiger partial charge in [0, 0.05) is 11.6 Å². The highest BCUT2D eigenvalue weighted by Crippen LogP contribution is 3.02. The molecule has 0 aromatic heterocycles. The zero-order chi connectivity index (χ0) is 13.0. The molecule has 1 unspecified atom stereocenters. The Balaban J connectivity index is 2.52. The monoisotopic (exact) mass is 275 g/mol. The minimum atomic E-state index is -9.61. The van der Waals surface area contributed by atoms with Crippen LogP contribution in [0.1, 0.15) is 11.6 Å². The molecule has 1 aromatic rings. The zero-order valence-electron chi connectivity index (χ0n) is 8.72. The molecule has 2 nitrogen and oxygen atoms in total. The van der Waals surface area contributed by atoms with Gasteiger partial charge in [-0.25, -0.2) is 0 Å². The molecular formula is C9H10F5NOS. The van der Waals surface area contributed by atoms with Crippen LogP contribution in [0.25, 0.3) is 0 Å². The number of hydrogen-bond donors (Lipinski definition) is 1. The van der Waals surface area contributed by atoms with E-state index in [0.29, 0.717) is 17.7 Å². The Morgan fingerprint density at radius 1 is 1.24 bits per heavy atom. The van der Waals surface area contributed by atoms with Crippen molar-refractivity contribution in [2.75, 3.05) is 13.7 Å². The summed E-state index contributed by atoms with van der Waals surface area (Å²) in [6, 6.07) is 1.53. The Morgan fingerprint density at radius 3 is 2.41 bits per heavy atom. The van der Waals surface area contributed by atoms with Crippen LogP contribution in [0, 0.1) is 0 Å². The molecule has 0 amide bonds. The lowest BCUT2D eigenvalue weighted by molar-refractivity contribution is 0.316. The molecule has 1 aliphatic rings. The molecule has 98 valence electrons. The van der Waals surface area contributed by atoms with Gasteiger partial charge in [-0.05, 0) is 13.1 Å². The smallest absolute Gasteiger partial charge is 0.310 e. The fourth-order valence-corrected chi connectivity index (χ4v) is 2.32. The normalized spacial score (nSPS) is 23.5. The molecule has 1 aliphatic heterocycles. The number of fused-ring (bicyclic) bond motifs is 1. The van der Waals surface area contributed by atoms with Crippen LogP contribution in [0.15, 0.2) is 23.1 Å². The average Bonchev–Trinajstić information content (AvgIpc) is 2.55. The van der Waals surface area contributed by atoms with Crippen LogP contribution in [0.5, 0.6) is 5.75 Å². The third kappa shape index (κ3) is 2.32. The summed E-state index contributed by atoms with van der Waals surface area (Å²) in [5, 5.41) is 2.81. The second-order valence-electron chi connectivity index (χ2n) is 3.82. The fraction of sp³-hybridized carbons (Fsp3) is 0.333. The number of rotatable bonds is 2.